The summed E-state index contributed by atoms with van der Waals surface area (Å²) >= 11 is 3.57. The van der Waals surface area contributed by atoms with Crippen LogP contribution in [0.1, 0.15) is 26.9 Å². The Kier molecular flexibility index (Phi) is 3.92. The number of thioether (sulfide) groups is 1. The number of thiophene rings is 1. The van der Waals surface area contributed by atoms with Crippen molar-refractivity contribution in [1.29, 1.82) is 0 Å². The molecule has 0 fully saturated rings. The van der Waals surface area contributed by atoms with Crippen LogP contribution in [0.25, 0.3) is 0 Å². The first-order valence-corrected chi connectivity index (χ1v) is 7.62. The molecule has 1 nitrogen and oxygen atoms in total. The van der Waals surface area contributed by atoms with Crippen LogP contribution < -0.4 is 5.73 Å². The minimum Gasteiger partial charge on any atom is -0.320 e. The van der Waals surface area contributed by atoms with Gasteiger partial charge < -0.3 is 5.73 Å². The van der Waals surface area contributed by atoms with E-state index in [1.54, 1.807) is 11.8 Å². The average Bonchev–Trinajstić information content (AvgIpc) is 2.68. The van der Waals surface area contributed by atoms with Crippen molar-refractivity contribution >= 4 is 23.1 Å². The van der Waals surface area contributed by atoms with Crippen LogP contribution in [-0.4, -0.2) is 6.26 Å². The maximum Gasteiger partial charge on any atom is 0.0562 e. The smallest absolute Gasteiger partial charge is 0.0562 e. The number of nitrogens with two attached hydrogens (primary N) is 1. The topological polar surface area (TPSA) is 26.0 Å². The fourth-order valence-corrected chi connectivity index (χ4v) is 3.33. The summed E-state index contributed by atoms with van der Waals surface area (Å²) in [7, 11) is 0. The Balaban J connectivity index is 2.30. The summed E-state index contributed by atoms with van der Waals surface area (Å²) in [5.41, 5.74) is 8.76. The molecule has 17 heavy (non-hydrogen) atoms. The molecule has 0 amide bonds. The molecule has 1 aromatic heterocycles. The predicted molar refractivity (Wildman–Crippen MR) is 78.0 cm³/mol. The van der Waals surface area contributed by atoms with Crippen LogP contribution in [0.3, 0.4) is 0 Å². The van der Waals surface area contributed by atoms with E-state index in [9.17, 15) is 0 Å². The van der Waals surface area contributed by atoms with E-state index < -0.39 is 0 Å². The van der Waals surface area contributed by atoms with Gasteiger partial charge in [-0.15, -0.1) is 23.1 Å². The summed E-state index contributed by atoms with van der Waals surface area (Å²) in [5.74, 6) is 0. The van der Waals surface area contributed by atoms with Crippen LogP contribution in [0.2, 0.25) is 0 Å². The summed E-state index contributed by atoms with van der Waals surface area (Å²) in [4.78, 5) is 3.93. The zero-order chi connectivity index (χ0) is 12.4. The molecule has 1 heterocycles. The van der Waals surface area contributed by atoms with Crippen molar-refractivity contribution in [2.45, 2.75) is 24.8 Å². The second-order valence-corrected chi connectivity index (χ2v) is 6.46. The quantitative estimate of drug-likeness (QED) is 0.842. The maximum atomic E-state index is 6.32. The molecule has 2 aromatic rings. The van der Waals surface area contributed by atoms with Crippen LogP contribution in [0.5, 0.6) is 0 Å². The monoisotopic (exact) mass is 263 g/mol. The summed E-state index contributed by atoms with van der Waals surface area (Å²) in [6, 6.07) is 10.7. The third-order valence-electron chi connectivity index (χ3n) is 2.89. The maximum absolute atomic E-state index is 6.32. The molecule has 0 bridgehead atoms. The number of hydrogen-bond acceptors (Lipinski definition) is 3. The Morgan fingerprint density at radius 1 is 1.18 bits per heavy atom. The summed E-state index contributed by atoms with van der Waals surface area (Å²) < 4.78 is 0. The normalized spacial score (nSPS) is 12.7. The fourth-order valence-electron chi connectivity index (χ4n) is 1.95. The van der Waals surface area contributed by atoms with E-state index in [4.69, 9.17) is 5.73 Å². The van der Waals surface area contributed by atoms with Gasteiger partial charge in [-0.2, -0.15) is 0 Å². The van der Waals surface area contributed by atoms with Gasteiger partial charge in [-0.1, -0.05) is 12.1 Å². The molecule has 0 saturated carbocycles. The highest BCUT2D eigenvalue weighted by Gasteiger charge is 2.13. The van der Waals surface area contributed by atoms with Crippen LogP contribution in [0.15, 0.2) is 35.2 Å². The molecule has 0 aliphatic heterocycles. The van der Waals surface area contributed by atoms with Gasteiger partial charge in [0.05, 0.1) is 6.04 Å². The first-order valence-electron chi connectivity index (χ1n) is 5.58. The minimum absolute atomic E-state index is 0.00384. The van der Waals surface area contributed by atoms with Crippen molar-refractivity contribution in [1.82, 2.24) is 0 Å². The summed E-state index contributed by atoms with van der Waals surface area (Å²) in [6.45, 7) is 4.27. The standard InChI is InChI=1S/C14H17NS2/c1-9-8-13(10(2)17-9)14(15)11-4-6-12(16-3)7-5-11/h4-8,14H,15H2,1-3H3. The van der Waals surface area contributed by atoms with Gasteiger partial charge in [-0.05, 0) is 49.4 Å². The van der Waals surface area contributed by atoms with E-state index in [2.05, 4.69) is 50.4 Å². The molecule has 3 heteroatoms. The number of hydrogen-bond donors (Lipinski definition) is 1. The first-order chi connectivity index (χ1) is 8.11. The Morgan fingerprint density at radius 3 is 2.29 bits per heavy atom. The zero-order valence-corrected chi connectivity index (χ0v) is 12.0. The summed E-state index contributed by atoms with van der Waals surface area (Å²) in [5, 5.41) is 0. The van der Waals surface area contributed by atoms with Crippen LogP contribution in [0.4, 0.5) is 0 Å². The number of rotatable bonds is 3. The van der Waals surface area contributed by atoms with E-state index in [1.165, 1.54) is 25.8 Å². The highest BCUT2D eigenvalue weighted by atomic mass is 32.2. The van der Waals surface area contributed by atoms with Crippen LogP contribution >= 0.6 is 23.1 Å². The second-order valence-electron chi connectivity index (χ2n) is 4.12. The number of benzene rings is 1. The first kappa shape index (κ1) is 12.7. The molecular formula is C14H17NS2. The van der Waals surface area contributed by atoms with Crippen molar-refractivity contribution in [2.24, 2.45) is 5.73 Å². The Bertz CT molecular complexity index is 499. The lowest BCUT2D eigenvalue weighted by Gasteiger charge is -2.12. The molecule has 2 rings (SSSR count). The lowest BCUT2D eigenvalue weighted by Crippen LogP contribution is -2.11. The predicted octanol–water partition coefficient (Wildman–Crippen LogP) is 4.13. The molecule has 2 N–H and O–H groups in total. The van der Waals surface area contributed by atoms with Gasteiger partial charge in [0, 0.05) is 14.6 Å². The lowest BCUT2D eigenvalue weighted by atomic mass is 10.0. The van der Waals surface area contributed by atoms with Gasteiger partial charge in [0.2, 0.25) is 0 Å². The fraction of sp³-hybridized carbons (Fsp3) is 0.286. The van der Waals surface area contributed by atoms with E-state index in [0.717, 1.165) is 0 Å². The van der Waals surface area contributed by atoms with Crippen LogP contribution in [-0.2, 0) is 0 Å². The summed E-state index contributed by atoms with van der Waals surface area (Å²) in [6.07, 6.45) is 2.08. The van der Waals surface area contributed by atoms with Crippen LogP contribution in [0, 0.1) is 13.8 Å². The van der Waals surface area contributed by atoms with Gasteiger partial charge >= 0.3 is 0 Å². The molecule has 1 aromatic carbocycles. The lowest BCUT2D eigenvalue weighted by molar-refractivity contribution is 0.867. The highest BCUT2D eigenvalue weighted by Crippen LogP contribution is 2.29. The van der Waals surface area contributed by atoms with E-state index >= 15 is 0 Å². The Hall–Kier alpha value is -0.770. The van der Waals surface area contributed by atoms with Crippen molar-refractivity contribution in [3.8, 4) is 0 Å². The molecule has 1 unspecified atom stereocenters. The van der Waals surface area contributed by atoms with Gasteiger partial charge in [0.1, 0.15) is 0 Å². The SMILES string of the molecule is CSc1ccc(C(N)c2cc(C)sc2C)cc1. The van der Waals surface area contributed by atoms with E-state index in [-0.39, 0.29) is 6.04 Å². The Morgan fingerprint density at radius 2 is 1.82 bits per heavy atom. The molecular weight excluding hydrogens is 246 g/mol. The van der Waals surface area contributed by atoms with Gasteiger partial charge in [0.15, 0.2) is 0 Å². The minimum atomic E-state index is -0.00384. The Labute approximate surface area is 111 Å². The third-order valence-corrected chi connectivity index (χ3v) is 4.61. The molecule has 1 atom stereocenters. The van der Waals surface area contributed by atoms with Gasteiger partial charge in [0.25, 0.3) is 0 Å². The third kappa shape index (κ3) is 2.73. The molecule has 0 saturated heterocycles. The molecule has 0 spiro atoms. The molecule has 90 valence electrons. The number of aryl methyl sites for hydroxylation is 2. The molecule has 0 aliphatic carbocycles. The molecule has 0 radical (unpaired) electrons. The largest absolute Gasteiger partial charge is 0.320 e. The van der Waals surface area contributed by atoms with Crippen molar-refractivity contribution in [3.05, 3.63) is 51.2 Å². The second kappa shape index (κ2) is 5.25. The van der Waals surface area contributed by atoms with E-state index in [0.29, 0.717) is 0 Å². The highest BCUT2D eigenvalue weighted by molar-refractivity contribution is 7.98. The van der Waals surface area contributed by atoms with Crippen molar-refractivity contribution in [3.63, 3.8) is 0 Å². The van der Waals surface area contributed by atoms with Crippen molar-refractivity contribution < 1.29 is 0 Å². The van der Waals surface area contributed by atoms with E-state index in [1.807, 2.05) is 11.3 Å². The molecule has 0 aliphatic rings. The van der Waals surface area contributed by atoms with Gasteiger partial charge in [-0.25, -0.2) is 0 Å². The average molecular weight is 263 g/mol. The van der Waals surface area contributed by atoms with Crippen molar-refractivity contribution in [2.75, 3.05) is 6.26 Å². The van der Waals surface area contributed by atoms with Gasteiger partial charge in [-0.3, -0.25) is 0 Å². The zero-order valence-electron chi connectivity index (χ0n) is 10.4.